The number of anilines is 1. The molecule has 6 rings (SSSR count). The lowest BCUT2D eigenvalue weighted by molar-refractivity contribution is -0.134. The van der Waals surface area contributed by atoms with Gasteiger partial charge in [-0.05, 0) is 77.1 Å². The van der Waals surface area contributed by atoms with Crippen molar-refractivity contribution in [3.05, 3.63) is 86.2 Å². The van der Waals surface area contributed by atoms with E-state index in [2.05, 4.69) is 55.7 Å². The topological polar surface area (TPSA) is 126 Å². The Balaban J connectivity index is 1.02. The minimum absolute atomic E-state index is 0.0215. The molecule has 3 amide bonds. The van der Waals surface area contributed by atoms with Crippen LogP contribution in [0.2, 0.25) is 0 Å². The highest BCUT2D eigenvalue weighted by molar-refractivity contribution is 9.10. The summed E-state index contributed by atoms with van der Waals surface area (Å²) in [5, 5.41) is 10.1. The molecule has 12 heteroatoms. The monoisotopic (exact) mass is 690 g/mol. The number of aromatic nitrogens is 2. The van der Waals surface area contributed by atoms with Crippen LogP contribution in [0.5, 0.6) is 5.75 Å². The second-order valence-corrected chi connectivity index (χ2v) is 13.4. The molecule has 0 radical (unpaired) electrons. The lowest BCUT2D eigenvalue weighted by atomic mass is 9.87. The van der Waals surface area contributed by atoms with Gasteiger partial charge in [0.2, 0.25) is 11.8 Å². The first-order chi connectivity index (χ1) is 22.1. The van der Waals surface area contributed by atoms with Crippen molar-refractivity contribution in [2.75, 3.05) is 38.5 Å². The fourth-order valence-electron chi connectivity index (χ4n) is 6.76. The van der Waals surface area contributed by atoms with Crippen LogP contribution in [-0.4, -0.2) is 82.7 Å². The van der Waals surface area contributed by atoms with Gasteiger partial charge >= 0.3 is 0 Å². The summed E-state index contributed by atoms with van der Waals surface area (Å²) in [5.74, 6) is 0.161. The van der Waals surface area contributed by atoms with Crippen LogP contribution in [0.4, 0.5) is 5.69 Å². The van der Waals surface area contributed by atoms with Gasteiger partial charge in [0, 0.05) is 64.1 Å². The average molecular weight is 692 g/mol. The maximum atomic E-state index is 13.4. The molecule has 3 aliphatic heterocycles. The van der Waals surface area contributed by atoms with E-state index in [1.165, 1.54) is 10.2 Å². The zero-order valence-electron chi connectivity index (χ0n) is 26.1. The van der Waals surface area contributed by atoms with E-state index >= 15 is 0 Å². The summed E-state index contributed by atoms with van der Waals surface area (Å²) in [6, 6.07) is 15.7. The molecule has 2 aromatic carbocycles. The molecule has 3 atom stereocenters. The Bertz CT molecular complexity index is 1670. The molecule has 1 aromatic heterocycles. The van der Waals surface area contributed by atoms with Crippen molar-refractivity contribution in [1.82, 2.24) is 24.9 Å². The summed E-state index contributed by atoms with van der Waals surface area (Å²) in [4.78, 5) is 53.7. The highest BCUT2D eigenvalue weighted by Gasteiger charge is 2.30. The Morgan fingerprint density at radius 2 is 1.76 bits per heavy atom. The molecule has 0 spiro atoms. The molecule has 0 bridgehead atoms. The van der Waals surface area contributed by atoms with E-state index in [0.717, 1.165) is 25.1 Å². The summed E-state index contributed by atoms with van der Waals surface area (Å²) in [6.07, 6.45) is 4.81. The SMILES string of the molecule is CN1CC(Nc2cnn(C)c(=O)c2Br)CC(c2ccc(C(=O)N3CCC(Oc4cccc(C5CCC(=O)NC5=O)c4)CC3)cc2)C1. The predicted molar refractivity (Wildman–Crippen MR) is 177 cm³/mol. The molecular weight excluding hydrogens is 652 g/mol. The van der Waals surface area contributed by atoms with Crippen molar-refractivity contribution < 1.29 is 19.1 Å². The van der Waals surface area contributed by atoms with Gasteiger partial charge in [0.1, 0.15) is 16.3 Å². The lowest BCUT2D eigenvalue weighted by Crippen LogP contribution is -2.43. The van der Waals surface area contributed by atoms with Crippen LogP contribution in [0.1, 0.15) is 65.4 Å². The number of nitrogens with one attached hydrogen (secondary N) is 2. The summed E-state index contributed by atoms with van der Waals surface area (Å²) in [6.45, 7) is 2.96. The second kappa shape index (κ2) is 13.8. The largest absolute Gasteiger partial charge is 0.490 e. The quantitative estimate of drug-likeness (QED) is 0.360. The summed E-state index contributed by atoms with van der Waals surface area (Å²) in [7, 11) is 3.72. The smallest absolute Gasteiger partial charge is 0.282 e. The minimum atomic E-state index is -0.352. The molecule has 3 unspecified atom stereocenters. The van der Waals surface area contributed by atoms with Crippen LogP contribution in [0.3, 0.4) is 0 Å². The van der Waals surface area contributed by atoms with Crippen LogP contribution < -0.4 is 20.9 Å². The van der Waals surface area contributed by atoms with Gasteiger partial charge in [0.05, 0.1) is 17.8 Å². The van der Waals surface area contributed by atoms with Gasteiger partial charge in [-0.2, -0.15) is 5.10 Å². The van der Waals surface area contributed by atoms with Gasteiger partial charge in [-0.15, -0.1) is 0 Å². The summed E-state index contributed by atoms with van der Waals surface area (Å²) >= 11 is 3.41. The van der Waals surface area contributed by atoms with Crippen molar-refractivity contribution in [2.45, 2.75) is 56.1 Å². The third kappa shape index (κ3) is 7.18. The number of hydrogen-bond donors (Lipinski definition) is 2. The number of amides is 3. The van der Waals surface area contributed by atoms with Gasteiger partial charge in [0.25, 0.3) is 11.5 Å². The van der Waals surface area contributed by atoms with Crippen LogP contribution >= 0.6 is 15.9 Å². The first-order valence-corrected chi connectivity index (χ1v) is 16.6. The molecule has 242 valence electrons. The number of hydrogen-bond acceptors (Lipinski definition) is 8. The van der Waals surface area contributed by atoms with E-state index in [-0.39, 0.29) is 47.3 Å². The number of carbonyl (C=O) groups excluding carboxylic acids is 3. The molecule has 3 aliphatic rings. The number of benzene rings is 2. The fraction of sp³-hybridized carbons (Fsp3) is 0.441. The molecular formula is C34H39BrN6O5. The van der Waals surface area contributed by atoms with Crippen molar-refractivity contribution in [1.29, 1.82) is 0 Å². The molecule has 3 fully saturated rings. The third-order valence-corrected chi connectivity index (χ3v) is 10.00. The molecule has 11 nitrogen and oxygen atoms in total. The molecule has 2 N–H and O–H groups in total. The van der Waals surface area contributed by atoms with E-state index < -0.39 is 0 Å². The van der Waals surface area contributed by atoms with E-state index in [1.54, 1.807) is 13.2 Å². The molecule has 0 aliphatic carbocycles. The van der Waals surface area contributed by atoms with Gasteiger partial charge < -0.3 is 19.9 Å². The first kappa shape index (κ1) is 31.9. The molecule has 3 saturated heterocycles. The summed E-state index contributed by atoms with van der Waals surface area (Å²) < 4.78 is 8.05. The number of halogens is 1. The molecule has 4 heterocycles. The number of rotatable bonds is 7. The van der Waals surface area contributed by atoms with Crippen LogP contribution in [0.25, 0.3) is 0 Å². The number of likely N-dealkylation sites (N-methyl/N-ethyl adjacent to an activating group) is 1. The zero-order chi connectivity index (χ0) is 32.4. The molecule has 46 heavy (non-hydrogen) atoms. The van der Waals surface area contributed by atoms with Crippen LogP contribution in [-0.2, 0) is 16.6 Å². The number of aryl methyl sites for hydroxylation is 1. The molecule has 3 aromatic rings. The van der Waals surface area contributed by atoms with Gasteiger partial charge in [0.15, 0.2) is 0 Å². The van der Waals surface area contributed by atoms with E-state index in [4.69, 9.17) is 4.74 Å². The van der Waals surface area contributed by atoms with Crippen molar-refractivity contribution in [2.24, 2.45) is 7.05 Å². The maximum absolute atomic E-state index is 13.4. The zero-order valence-corrected chi connectivity index (χ0v) is 27.7. The highest BCUT2D eigenvalue weighted by Crippen LogP contribution is 2.31. The van der Waals surface area contributed by atoms with Crippen LogP contribution in [0, 0.1) is 0 Å². The Kier molecular flexibility index (Phi) is 9.55. The Hall–Kier alpha value is -4.03. The van der Waals surface area contributed by atoms with E-state index in [0.29, 0.717) is 60.2 Å². The number of nitrogens with zero attached hydrogens (tertiary/aromatic N) is 4. The van der Waals surface area contributed by atoms with Gasteiger partial charge in [-0.25, -0.2) is 4.68 Å². The van der Waals surface area contributed by atoms with Gasteiger partial charge in [-0.3, -0.25) is 24.5 Å². The maximum Gasteiger partial charge on any atom is 0.282 e. The Morgan fingerprint density at radius 1 is 1.00 bits per heavy atom. The number of likely N-dealkylation sites (tertiary alicyclic amines) is 2. The second-order valence-electron chi connectivity index (χ2n) is 12.6. The fourth-order valence-corrected chi connectivity index (χ4v) is 7.24. The van der Waals surface area contributed by atoms with E-state index in [1.807, 2.05) is 41.3 Å². The van der Waals surface area contributed by atoms with Crippen molar-refractivity contribution >= 4 is 39.3 Å². The standard InChI is InChI=1S/C34H39BrN6O5/c1-39-19-24(16-25(20-39)37-29-18-36-40(2)34(45)31(29)35)21-6-8-22(9-7-21)33(44)41-14-12-26(13-15-41)46-27-5-3-4-23(17-27)28-10-11-30(42)38-32(28)43/h3-9,17-18,24-26,28,37H,10-16,19-20H2,1-2H3,(H,38,42,43). The first-order valence-electron chi connectivity index (χ1n) is 15.8. The molecule has 0 saturated carbocycles. The van der Waals surface area contributed by atoms with E-state index in [9.17, 15) is 19.2 Å². The Morgan fingerprint density at radius 3 is 2.50 bits per heavy atom. The predicted octanol–water partition coefficient (Wildman–Crippen LogP) is 3.65. The number of imide groups is 1. The number of piperidine rings is 3. The number of ether oxygens (including phenoxy) is 1. The third-order valence-electron chi connectivity index (χ3n) is 9.23. The van der Waals surface area contributed by atoms with Gasteiger partial charge in [-0.1, -0.05) is 24.3 Å². The van der Waals surface area contributed by atoms with Crippen LogP contribution in [0.15, 0.2) is 64.0 Å². The van der Waals surface area contributed by atoms with Crippen molar-refractivity contribution in [3.63, 3.8) is 0 Å². The lowest BCUT2D eigenvalue weighted by Gasteiger charge is -2.37. The Labute approximate surface area is 276 Å². The average Bonchev–Trinajstić information content (AvgIpc) is 3.05. The number of carbonyl (C=O) groups is 3. The van der Waals surface area contributed by atoms with Crippen molar-refractivity contribution in [3.8, 4) is 5.75 Å². The summed E-state index contributed by atoms with van der Waals surface area (Å²) in [5.41, 5.74) is 3.22. The minimum Gasteiger partial charge on any atom is -0.490 e. The highest BCUT2D eigenvalue weighted by atomic mass is 79.9. The normalized spacial score (nSPS) is 22.8.